The zero-order valence-corrected chi connectivity index (χ0v) is 15.6. The number of ether oxygens (including phenoxy) is 1. The van der Waals surface area contributed by atoms with Gasteiger partial charge in [0.2, 0.25) is 5.91 Å². The number of hydrogen-bond donors (Lipinski definition) is 2. The van der Waals surface area contributed by atoms with Crippen molar-refractivity contribution in [1.29, 1.82) is 0 Å². The predicted octanol–water partition coefficient (Wildman–Crippen LogP) is 2.80. The van der Waals surface area contributed by atoms with Crippen molar-refractivity contribution in [3.8, 4) is 0 Å². The number of esters is 1. The number of urea groups is 1. The highest BCUT2D eigenvalue weighted by Crippen LogP contribution is 2.16. The number of nitrogens with one attached hydrogen (secondary N) is 2. The van der Waals surface area contributed by atoms with E-state index in [9.17, 15) is 14.4 Å². The molecule has 1 unspecified atom stereocenters. The first-order chi connectivity index (χ1) is 12.5. The first-order valence-corrected chi connectivity index (χ1v) is 9.15. The van der Waals surface area contributed by atoms with Crippen molar-refractivity contribution in [2.75, 3.05) is 25.0 Å². The number of nitrogens with zero attached hydrogens (tertiary/aromatic N) is 1. The van der Waals surface area contributed by atoms with E-state index in [-0.39, 0.29) is 12.3 Å². The van der Waals surface area contributed by atoms with E-state index >= 15 is 0 Å². The lowest BCUT2D eigenvalue weighted by Crippen LogP contribution is -2.58. The molecule has 7 nitrogen and oxygen atoms in total. The van der Waals surface area contributed by atoms with Gasteiger partial charge in [-0.25, -0.2) is 4.79 Å². The van der Waals surface area contributed by atoms with E-state index in [0.29, 0.717) is 30.4 Å². The summed E-state index contributed by atoms with van der Waals surface area (Å²) < 4.78 is 5.16. The Kier molecular flexibility index (Phi) is 7.72. The minimum absolute atomic E-state index is 0.161. The van der Waals surface area contributed by atoms with Gasteiger partial charge in [0.15, 0.2) is 0 Å². The number of piperazine rings is 1. The average molecular weight is 382 g/mol. The van der Waals surface area contributed by atoms with Gasteiger partial charge < -0.3 is 20.3 Å². The van der Waals surface area contributed by atoms with Crippen molar-refractivity contribution in [2.45, 2.75) is 38.6 Å². The van der Waals surface area contributed by atoms with Crippen LogP contribution in [0.1, 0.15) is 32.6 Å². The molecule has 142 valence electrons. The summed E-state index contributed by atoms with van der Waals surface area (Å²) in [5, 5.41) is 5.96. The molecular weight excluding hydrogens is 358 g/mol. The molecule has 0 radical (unpaired) electrons. The molecule has 0 bridgehead atoms. The van der Waals surface area contributed by atoms with E-state index in [1.165, 1.54) is 4.90 Å². The fourth-order valence-electron chi connectivity index (χ4n) is 2.64. The van der Waals surface area contributed by atoms with Crippen LogP contribution in [0.4, 0.5) is 10.5 Å². The zero-order valence-electron chi connectivity index (χ0n) is 14.8. The number of carbonyl (C=O) groups excluding carboxylic acids is 3. The van der Waals surface area contributed by atoms with Crippen LogP contribution < -0.4 is 10.6 Å². The van der Waals surface area contributed by atoms with E-state index in [4.69, 9.17) is 16.3 Å². The van der Waals surface area contributed by atoms with Crippen LogP contribution in [0, 0.1) is 0 Å². The number of rotatable bonds is 7. The molecule has 1 aromatic rings. The molecule has 1 heterocycles. The van der Waals surface area contributed by atoms with E-state index in [1.807, 2.05) is 0 Å². The smallest absolute Gasteiger partial charge is 0.322 e. The van der Waals surface area contributed by atoms with Gasteiger partial charge >= 0.3 is 12.0 Å². The number of anilines is 1. The summed E-state index contributed by atoms with van der Waals surface area (Å²) in [6, 6.07) is 5.33. The molecule has 0 aliphatic carbocycles. The van der Waals surface area contributed by atoms with Gasteiger partial charge in [-0.3, -0.25) is 9.59 Å². The Hall–Kier alpha value is -2.28. The van der Waals surface area contributed by atoms with Gasteiger partial charge in [0.1, 0.15) is 6.04 Å². The van der Waals surface area contributed by atoms with Gasteiger partial charge in [-0.15, -0.1) is 0 Å². The maximum atomic E-state index is 12.5. The lowest BCUT2D eigenvalue weighted by Gasteiger charge is -2.34. The topological polar surface area (TPSA) is 87.7 Å². The summed E-state index contributed by atoms with van der Waals surface area (Å²) in [5.41, 5.74) is 0.561. The second kappa shape index (κ2) is 10.0. The van der Waals surface area contributed by atoms with Crippen LogP contribution in [0.5, 0.6) is 0 Å². The molecule has 0 saturated carbocycles. The Labute approximate surface area is 158 Å². The minimum Gasteiger partial charge on any atom is -0.466 e. The molecule has 0 aromatic heterocycles. The van der Waals surface area contributed by atoms with E-state index in [1.54, 1.807) is 24.3 Å². The average Bonchev–Trinajstić information content (AvgIpc) is 2.62. The van der Waals surface area contributed by atoms with E-state index in [2.05, 4.69) is 17.6 Å². The third-order valence-electron chi connectivity index (χ3n) is 4.06. The molecule has 1 aliphatic rings. The summed E-state index contributed by atoms with van der Waals surface area (Å²) in [6.07, 6.45) is 2.64. The number of unbranched alkanes of at least 4 members (excludes halogenated alkanes) is 2. The summed E-state index contributed by atoms with van der Waals surface area (Å²) >= 11 is 5.83. The van der Waals surface area contributed by atoms with Gasteiger partial charge in [-0.1, -0.05) is 31.4 Å². The Morgan fingerprint density at radius 3 is 2.73 bits per heavy atom. The van der Waals surface area contributed by atoms with Gasteiger partial charge in [-0.05, 0) is 30.7 Å². The first kappa shape index (κ1) is 20.0. The van der Waals surface area contributed by atoms with Gasteiger partial charge in [0, 0.05) is 23.8 Å². The molecule has 3 amide bonds. The second-order valence-electron chi connectivity index (χ2n) is 6.07. The number of halogens is 1. The molecule has 8 heteroatoms. The standard InChI is InChI=1S/C18H24ClN3O4/c1-2-3-4-11-26-16(23)12-15-17(24)20-9-10-22(15)18(25)21-14-7-5-13(19)6-8-14/h5-8,15H,2-4,9-12H2,1H3,(H,20,24)(H,21,25). The van der Waals surface area contributed by atoms with E-state index < -0.39 is 18.0 Å². The lowest BCUT2D eigenvalue weighted by atomic mass is 10.1. The molecule has 1 saturated heterocycles. The monoisotopic (exact) mass is 381 g/mol. The SMILES string of the molecule is CCCCCOC(=O)CC1C(=O)NCCN1C(=O)Nc1ccc(Cl)cc1. The molecule has 26 heavy (non-hydrogen) atoms. The highest BCUT2D eigenvalue weighted by molar-refractivity contribution is 6.30. The molecule has 2 rings (SSSR count). The first-order valence-electron chi connectivity index (χ1n) is 8.77. The van der Waals surface area contributed by atoms with Crippen LogP contribution in [-0.2, 0) is 14.3 Å². The highest BCUT2D eigenvalue weighted by Gasteiger charge is 2.35. The Bertz CT molecular complexity index is 636. The Balaban J connectivity index is 1.95. The number of amides is 3. The van der Waals surface area contributed by atoms with Crippen molar-refractivity contribution in [3.63, 3.8) is 0 Å². The molecule has 0 spiro atoms. The van der Waals surface area contributed by atoms with Crippen molar-refractivity contribution in [1.82, 2.24) is 10.2 Å². The lowest BCUT2D eigenvalue weighted by molar-refractivity contribution is -0.147. The molecule has 1 atom stereocenters. The largest absolute Gasteiger partial charge is 0.466 e. The summed E-state index contributed by atoms with van der Waals surface area (Å²) in [4.78, 5) is 38.1. The second-order valence-corrected chi connectivity index (χ2v) is 6.51. The van der Waals surface area contributed by atoms with Crippen molar-refractivity contribution < 1.29 is 19.1 Å². The third-order valence-corrected chi connectivity index (χ3v) is 4.31. The predicted molar refractivity (Wildman–Crippen MR) is 99.1 cm³/mol. The van der Waals surface area contributed by atoms with Crippen LogP contribution in [0.25, 0.3) is 0 Å². The van der Waals surface area contributed by atoms with Crippen LogP contribution in [-0.4, -0.2) is 48.5 Å². The van der Waals surface area contributed by atoms with Gasteiger partial charge in [0.05, 0.1) is 13.0 Å². The zero-order chi connectivity index (χ0) is 18.9. The molecule has 1 fully saturated rings. The van der Waals surface area contributed by atoms with Crippen LogP contribution in [0.15, 0.2) is 24.3 Å². The maximum Gasteiger partial charge on any atom is 0.322 e. The van der Waals surface area contributed by atoms with Gasteiger partial charge in [0.25, 0.3) is 0 Å². The summed E-state index contributed by atoms with van der Waals surface area (Å²) in [6.45, 7) is 3.05. The molecule has 2 N–H and O–H groups in total. The number of carbonyl (C=O) groups is 3. The molecule has 1 aliphatic heterocycles. The maximum absolute atomic E-state index is 12.5. The van der Waals surface area contributed by atoms with Crippen molar-refractivity contribution in [3.05, 3.63) is 29.3 Å². The van der Waals surface area contributed by atoms with Crippen LogP contribution >= 0.6 is 11.6 Å². The fourth-order valence-corrected chi connectivity index (χ4v) is 2.77. The van der Waals surface area contributed by atoms with Crippen LogP contribution in [0.2, 0.25) is 5.02 Å². The Morgan fingerprint density at radius 2 is 2.04 bits per heavy atom. The summed E-state index contributed by atoms with van der Waals surface area (Å²) in [5.74, 6) is -0.833. The minimum atomic E-state index is -0.880. The normalized spacial score (nSPS) is 16.8. The van der Waals surface area contributed by atoms with E-state index in [0.717, 1.165) is 19.3 Å². The van der Waals surface area contributed by atoms with Crippen LogP contribution in [0.3, 0.4) is 0 Å². The summed E-state index contributed by atoms with van der Waals surface area (Å²) in [7, 11) is 0. The quantitative estimate of drug-likeness (QED) is 0.561. The van der Waals surface area contributed by atoms with Crippen molar-refractivity contribution >= 4 is 35.2 Å². The molecular formula is C18H24ClN3O4. The fraction of sp³-hybridized carbons (Fsp3) is 0.500. The number of hydrogen-bond acceptors (Lipinski definition) is 4. The Morgan fingerprint density at radius 1 is 1.31 bits per heavy atom. The van der Waals surface area contributed by atoms with Gasteiger partial charge in [-0.2, -0.15) is 0 Å². The highest BCUT2D eigenvalue weighted by atomic mass is 35.5. The molecule has 1 aromatic carbocycles. The number of benzene rings is 1. The van der Waals surface area contributed by atoms with Crippen molar-refractivity contribution in [2.24, 2.45) is 0 Å². The third kappa shape index (κ3) is 5.91.